The number of carbonyl (C=O) groups excluding carboxylic acids is 3. The van der Waals surface area contributed by atoms with Crippen molar-refractivity contribution in [2.24, 2.45) is 22.2 Å². The summed E-state index contributed by atoms with van der Waals surface area (Å²) in [7, 11) is 0. The Labute approximate surface area is 178 Å². The summed E-state index contributed by atoms with van der Waals surface area (Å²) in [4.78, 5) is 51.5. The molecule has 0 aliphatic heterocycles. The van der Waals surface area contributed by atoms with Crippen LogP contribution >= 0.6 is 0 Å². The number of aliphatic carboxylic acids is 1. The number of nitrogens with zero attached hydrogens (tertiary/aromatic N) is 1. The molecule has 0 saturated heterocycles. The van der Waals surface area contributed by atoms with Crippen LogP contribution in [0.25, 0.3) is 0 Å². The molecule has 0 aliphatic rings. The molecule has 15 nitrogen and oxygen atoms in total. The molecule has 0 saturated carbocycles. The Balaban J connectivity index is 5.27. The lowest BCUT2D eigenvalue weighted by Crippen LogP contribution is -2.59. The van der Waals surface area contributed by atoms with Gasteiger partial charge in [0.2, 0.25) is 17.7 Å². The maximum atomic E-state index is 12.6. The van der Waals surface area contributed by atoms with Crippen LogP contribution in [-0.2, 0) is 19.2 Å². The molecule has 178 valence electrons. The highest BCUT2D eigenvalue weighted by atomic mass is 16.4. The fourth-order valence-electron chi connectivity index (χ4n) is 2.18. The number of nitrogens with one attached hydrogen (secondary N) is 3. The van der Waals surface area contributed by atoms with E-state index in [1.807, 2.05) is 5.32 Å². The normalized spacial score (nSPS) is 15.5. The molecule has 3 amide bonds. The smallest absolute Gasteiger partial charge is 0.328 e. The van der Waals surface area contributed by atoms with Gasteiger partial charge in [-0.3, -0.25) is 19.4 Å². The van der Waals surface area contributed by atoms with Gasteiger partial charge in [0.15, 0.2) is 5.96 Å². The predicted octanol–water partition coefficient (Wildman–Crippen LogP) is -5.73. The Hall–Kier alpha value is -3.01. The lowest BCUT2D eigenvalue weighted by atomic mass is 10.1. The van der Waals surface area contributed by atoms with E-state index in [-0.39, 0.29) is 25.3 Å². The molecular weight excluding hydrogens is 418 g/mol. The number of rotatable bonds is 14. The van der Waals surface area contributed by atoms with Crippen molar-refractivity contribution >= 4 is 29.7 Å². The average molecular weight is 449 g/mol. The second-order valence-electron chi connectivity index (χ2n) is 6.60. The van der Waals surface area contributed by atoms with Crippen molar-refractivity contribution in [3.05, 3.63) is 0 Å². The van der Waals surface area contributed by atoms with E-state index >= 15 is 0 Å². The molecule has 0 spiro atoms. The minimum absolute atomic E-state index is 0.00897. The summed E-state index contributed by atoms with van der Waals surface area (Å²) < 4.78 is 0. The van der Waals surface area contributed by atoms with Gasteiger partial charge in [0.25, 0.3) is 0 Å². The molecule has 5 atom stereocenters. The molecule has 0 heterocycles. The van der Waals surface area contributed by atoms with Crippen LogP contribution in [0.15, 0.2) is 4.99 Å². The molecule has 0 fully saturated rings. The maximum absolute atomic E-state index is 12.6. The lowest BCUT2D eigenvalue weighted by Gasteiger charge is -2.24. The Morgan fingerprint density at radius 2 is 1.39 bits per heavy atom. The van der Waals surface area contributed by atoms with Crippen molar-refractivity contribution in [1.82, 2.24) is 16.0 Å². The number of carboxylic acids is 1. The number of nitrogens with two attached hydrogens (primary N) is 3. The quantitative estimate of drug-likeness (QED) is 0.0677. The highest BCUT2D eigenvalue weighted by Crippen LogP contribution is 2.02. The van der Waals surface area contributed by atoms with Crippen LogP contribution in [0.1, 0.15) is 19.8 Å². The molecule has 0 rings (SSSR count). The van der Waals surface area contributed by atoms with Crippen molar-refractivity contribution in [3.8, 4) is 0 Å². The van der Waals surface area contributed by atoms with E-state index in [4.69, 9.17) is 27.4 Å². The number of aliphatic hydroxyl groups excluding tert-OH is 3. The van der Waals surface area contributed by atoms with Crippen molar-refractivity contribution in [2.75, 3.05) is 19.8 Å². The fourth-order valence-corrected chi connectivity index (χ4v) is 2.18. The largest absolute Gasteiger partial charge is 0.480 e. The average Bonchev–Trinajstić information content (AvgIpc) is 2.70. The second-order valence-corrected chi connectivity index (χ2v) is 6.60. The molecular formula is C16H31N7O8. The monoisotopic (exact) mass is 449 g/mol. The van der Waals surface area contributed by atoms with Gasteiger partial charge in [-0.1, -0.05) is 0 Å². The van der Waals surface area contributed by atoms with Crippen molar-refractivity contribution < 1.29 is 39.6 Å². The first-order chi connectivity index (χ1) is 14.4. The van der Waals surface area contributed by atoms with Crippen molar-refractivity contribution in [3.63, 3.8) is 0 Å². The third-order valence-corrected chi connectivity index (χ3v) is 4.01. The standard InChI is InChI=1S/C16H31N7O8/c1-7(26)11(17)14(29)21-8(3-2-4-20-16(18)19)12(27)22-9(5-24)13(28)23-10(6-25)15(30)31/h7-11,24-26H,2-6,17H2,1H3,(H,21,29)(H,22,27)(H,23,28)(H,30,31)(H4,18,19,20). The molecule has 31 heavy (non-hydrogen) atoms. The number of hydrogen-bond acceptors (Lipinski definition) is 9. The Bertz CT molecular complexity index is 654. The fraction of sp³-hybridized carbons (Fsp3) is 0.688. The zero-order chi connectivity index (χ0) is 24.1. The van der Waals surface area contributed by atoms with Crippen LogP contribution in [0.4, 0.5) is 0 Å². The van der Waals surface area contributed by atoms with E-state index in [0.29, 0.717) is 0 Å². The molecule has 0 aromatic rings. The minimum Gasteiger partial charge on any atom is -0.480 e. The minimum atomic E-state index is -1.64. The molecule has 15 heteroatoms. The number of hydrogen-bond donors (Lipinski definition) is 10. The number of carboxylic acid groups (broad SMARTS) is 1. The number of aliphatic hydroxyl groups is 3. The first-order valence-electron chi connectivity index (χ1n) is 9.29. The van der Waals surface area contributed by atoms with Crippen LogP contribution in [-0.4, -0.2) is 100 Å². The van der Waals surface area contributed by atoms with Crippen LogP contribution < -0.4 is 33.2 Å². The van der Waals surface area contributed by atoms with Gasteiger partial charge >= 0.3 is 5.97 Å². The van der Waals surface area contributed by atoms with E-state index in [1.54, 1.807) is 0 Å². The highest BCUT2D eigenvalue weighted by Gasteiger charge is 2.30. The molecule has 0 aromatic carbocycles. The van der Waals surface area contributed by atoms with E-state index in [9.17, 15) is 29.4 Å². The summed E-state index contributed by atoms with van der Waals surface area (Å²) in [5.41, 5.74) is 16.0. The summed E-state index contributed by atoms with van der Waals surface area (Å²) in [6.45, 7) is -0.388. The van der Waals surface area contributed by atoms with Crippen LogP contribution in [0.5, 0.6) is 0 Å². The Kier molecular flexibility index (Phi) is 12.7. The van der Waals surface area contributed by atoms with E-state index in [0.717, 1.165) is 0 Å². The Morgan fingerprint density at radius 1 is 0.903 bits per heavy atom. The van der Waals surface area contributed by atoms with Gasteiger partial charge < -0.3 is 53.6 Å². The first-order valence-corrected chi connectivity index (χ1v) is 9.29. The summed E-state index contributed by atoms with van der Waals surface area (Å²) in [6.07, 6.45) is -0.954. The van der Waals surface area contributed by atoms with Gasteiger partial charge in [-0.15, -0.1) is 0 Å². The van der Waals surface area contributed by atoms with Gasteiger partial charge in [0, 0.05) is 6.54 Å². The van der Waals surface area contributed by atoms with E-state index in [2.05, 4.69) is 15.6 Å². The number of aliphatic imine (C=N–C) groups is 1. The molecule has 0 aliphatic carbocycles. The molecule has 5 unspecified atom stereocenters. The van der Waals surface area contributed by atoms with Gasteiger partial charge in [0.05, 0.1) is 19.3 Å². The van der Waals surface area contributed by atoms with Crippen molar-refractivity contribution in [2.45, 2.75) is 50.0 Å². The summed E-state index contributed by atoms with van der Waals surface area (Å²) in [6, 6.07) is -5.77. The highest BCUT2D eigenvalue weighted by molar-refractivity contribution is 5.94. The van der Waals surface area contributed by atoms with Gasteiger partial charge in [0.1, 0.15) is 24.2 Å². The zero-order valence-corrected chi connectivity index (χ0v) is 17.0. The van der Waals surface area contributed by atoms with Gasteiger partial charge in [-0.25, -0.2) is 4.79 Å². The third-order valence-electron chi connectivity index (χ3n) is 4.01. The zero-order valence-electron chi connectivity index (χ0n) is 17.0. The van der Waals surface area contributed by atoms with Gasteiger partial charge in [-0.2, -0.15) is 0 Å². The number of carbonyl (C=O) groups is 4. The molecule has 0 radical (unpaired) electrons. The predicted molar refractivity (Wildman–Crippen MR) is 107 cm³/mol. The Morgan fingerprint density at radius 3 is 1.84 bits per heavy atom. The number of guanidine groups is 1. The summed E-state index contributed by atoms with van der Waals surface area (Å²) in [5, 5.41) is 43.1. The molecule has 0 bridgehead atoms. The molecule has 13 N–H and O–H groups in total. The summed E-state index contributed by atoms with van der Waals surface area (Å²) >= 11 is 0. The summed E-state index contributed by atoms with van der Waals surface area (Å²) in [5.74, 6) is -4.48. The lowest BCUT2D eigenvalue weighted by molar-refractivity contribution is -0.143. The van der Waals surface area contributed by atoms with E-state index < -0.39 is 67.2 Å². The van der Waals surface area contributed by atoms with Crippen LogP contribution in [0.3, 0.4) is 0 Å². The van der Waals surface area contributed by atoms with Crippen molar-refractivity contribution in [1.29, 1.82) is 0 Å². The SMILES string of the molecule is CC(O)C(N)C(=O)NC(CCCN=C(N)N)C(=O)NC(CO)C(=O)NC(CO)C(=O)O. The third kappa shape index (κ3) is 10.5. The maximum Gasteiger partial charge on any atom is 0.328 e. The molecule has 0 aromatic heterocycles. The van der Waals surface area contributed by atoms with Crippen LogP contribution in [0.2, 0.25) is 0 Å². The van der Waals surface area contributed by atoms with Gasteiger partial charge in [-0.05, 0) is 19.8 Å². The number of amides is 3. The second kappa shape index (κ2) is 14.1. The van der Waals surface area contributed by atoms with Crippen LogP contribution in [0, 0.1) is 0 Å². The topological polar surface area (TPSA) is 276 Å². The first kappa shape index (κ1) is 28.0. The van der Waals surface area contributed by atoms with E-state index in [1.165, 1.54) is 6.92 Å².